The van der Waals surface area contributed by atoms with Gasteiger partial charge in [0.2, 0.25) is 17.7 Å². The quantitative estimate of drug-likeness (QED) is 0.665. The molecule has 0 fully saturated rings. The van der Waals surface area contributed by atoms with Crippen LogP contribution in [-0.2, 0) is 20.8 Å². The summed E-state index contributed by atoms with van der Waals surface area (Å²) in [5.74, 6) is -1.05. The van der Waals surface area contributed by atoms with Crippen molar-refractivity contribution >= 4 is 35.0 Å². The van der Waals surface area contributed by atoms with E-state index >= 15 is 0 Å². The smallest absolute Gasteiger partial charge is 0.242 e. The molecule has 0 bridgehead atoms. The standard InChI is InChI=1S/C20H22ClN3O3/c1-13-3-8-17(11-14(13)2)22-18(25)9-10-19(26)23-24-20(27)12-15-4-6-16(21)7-5-15/h3-8,11H,9-10,12H2,1-2H3,(H,22,25)(H,23,26)(H,24,27). The van der Waals surface area contributed by atoms with Gasteiger partial charge in [0, 0.05) is 23.6 Å². The third-order valence-electron chi connectivity index (χ3n) is 3.99. The molecule has 2 rings (SSSR count). The van der Waals surface area contributed by atoms with E-state index in [9.17, 15) is 14.4 Å². The van der Waals surface area contributed by atoms with Gasteiger partial charge in [0.25, 0.3) is 0 Å². The molecule has 0 radical (unpaired) electrons. The molecule has 0 spiro atoms. The zero-order chi connectivity index (χ0) is 19.8. The Labute approximate surface area is 163 Å². The van der Waals surface area contributed by atoms with Crippen molar-refractivity contribution in [2.24, 2.45) is 0 Å². The van der Waals surface area contributed by atoms with Crippen molar-refractivity contribution in [3.63, 3.8) is 0 Å². The minimum Gasteiger partial charge on any atom is -0.326 e. The summed E-state index contributed by atoms with van der Waals surface area (Å²) < 4.78 is 0. The Hall–Kier alpha value is -2.86. The molecule has 0 aliphatic heterocycles. The van der Waals surface area contributed by atoms with Crippen LogP contribution < -0.4 is 16.2 Å². The molecule has 7 heteroatoms. The van der Waals surface area contributed by atoms with E-state index in [1.165, 1.54) is 0 Å². The molecular weight excluding hydrogens is 366 g/mol. The molecule has 2 aromatic carbocycles. The van der Waals surface area contributed by atoms with Crippen molar-refractivity contribution in [3.8, 4) is 0 Å². The van der Waals surface area contributed by atoms with Crippen LogP contribution in [0.3, 0.4) is 0 Å². The summed E-state index contributed by atoms with van der Waals surface area (Å²) in [7, 11) is 0. The highest BCUT2D eigenvalue weighted by atomic mass is 35.5. The van der Waals surface area contributed by atoms with E-state index < -0.39 is 5.91 Å². The molecule has 2 aromatic rings. The van der Waals surface area contributed by atoms with E-state index in [0.29, 0.717) is 10.7 Å². The maximum atomic E-state index is 11.9. The number of hydrogen-bond donors (Lipinski definition) is 3. The van der Waals surface area contributed by atoms with Crippen molar-refractivity contribution in [1.29, 1.82) is 0 Å². The van der Waals surface area contributed by atoms with Gasteiger partial charge in [0.05, 0.1) is 6.42 Å². The highest BCUT2D eigenvalue weighted by Gasteiger charge is 2.09. The Bertz CT molecular complexity index is 835. The lowest BCUT2D eigenvalue weighted by atomic mass is 10.1. The highest BCUT2D eigenvalue weighted by molar-refractivity contribution is 6.30. The lowest BCUT2D eigenvalue weighted by Gasteiger charge is -2.09. The lowest BCUT2D eigenvalue weighted by molar-refractivity contribution is -0.129. The van der Waals surface area contributed by atoms with Crippen LogP contribution >= 0.6 is 11.6 Å². The van der Waals surface area contributed by atoms with Gasteiger partial charge in [-0.2, -0.15) is 0 Å². The highest BCUT2D eigenvalue weighted by Crippen LogP contribution is 2.14. The Morgan fingerprint density at radius 3 is 2.11 bits per heavy atom. The fourth-order valence-electron chi connectivity index (χ4n) is 2.30. The summed E-state index contributed by atoms with van der Waals surface area (Å²) in [4.78, 5) is 35.5. The molecule has 0 aromatic heterocycles. The van der Waals surface area contributed by atoms with Gasteiger partial charge >= 0.3 is 0 Å². The molecule has 0 saturated carbocycles. The molecule has 0 saturated heterocycles. The molecule has 142 valence electrons. The molecule has 3 N–H and O–H groups in total. The van der Waals surface area contributed by atoms with Crippen LogP contribution in [0.5, 0.6) is 0 Å². The number of halogens is 1. The maximum absolute atomic E-state index is 11.9. The number of hydrazine groups is 1. The number of carbonyl (C=O) groups excluding carboxylic acids is 3. The number of nitrogens with one attached hydrogen (secondary N) is 3. The largest absolute Gasteiger partial charge is 0.326 e. The average molecular weight is 388 g/mol. The van der Waals surface area contributed by atoms with Gasteiger partial charge in [0.1, 0.15) is 0 Å². The van der Waals surface area contributed by atoms with Gasteiger partial charge in [0.15, 0.2) is 0 Å². The Morgan fingerprint density at radius 2 is 1.44 bits per heavy atom. The Balaban J connectivity index is 1.69. The normalized spacial score (nSPS) is 10.2. The molecule has 3 amide bonds. The molecule has 27 heavy (non-hydrogen) atoms. The number of hydrogen-bond acceptors (Lipinski definition) is 3. The Morgan fingerprint density at radius 1 is 0.815 bits per heavy atom. The van der Waals surface area contributed by atoms with E-state index in [0.717, 1.165) is 16.7 Å². The molecular formula is C20H22ClN3O3. The summed E-state index contributed by atoms with van der Waals surface area (Å²) in [5.41, 5.74) is 8.32. The van der Waals surface area contributed by atoms with Crippen LogP contribution in [-0.4, -0.2) is 17.7 Å². The van der Waals surface area contributed by atoms with E-state index in [1.54, 1.807) is 24.3 Å². The van der Waals surface area contributed by atoms with Crippen molar-refractivity contribution < 1.29 is 14.4 Å². The third-order valence-corrected chi connectivity index (χ3v) is 4.24. The van der Waals surface area contributed by atoms with Crippen LogP contribution in [0, 0.1) is 13.8 Å². The number of rotatable bonds is 6. The van der Waals surface area contributed by atoms with Gasteiger partial charge in [-0.05, 0) is 54.8 Å². The molecule has 0 unspecified atom stereocenters. The van der Waals surface area contributed by atoms with Gasteiger partial charge in [-0.1, -0.05) is 29.8 Å². The van der Waals surface area contributed by atoms with E-state index in [4.69, 9.17) is 11.6 Å². The van der Waals surface area contributed by atoms with Crippen LogP contribution in [0.4, 0.5) is 5.69 Å². The second kappa shape index (κ2) is 9.73. The zero-order valence-electron chi connectivity index (χ0n) is 15.3. The molecule has 6 nitrogen and oxygen atoms in total. The topological polar surface area (TPSA) is 87.3 Å². The predicted molar refractivity (Wildman–Crippen MR) is 105 cm³/mol. The van der Waals surface area contributed by atoms with E-state index in [-0.39, 0.29) is 31.1 Å². The summed E-state index contributed by atoms with van der Waals surface area (Å²) in [5, 5.41) is 3.34. The van der Waals surface area contributed by atoms with Crippen LogP contribution in [0.1, 0.15) is 29.5 Å². The first-order chi connectivity index (χ1) is 12.8. The SMILES string of the molecule is Cc1ccc(NC(=O)CCC(=O)NNC(=O)Cc2ccc(Cl)cc2)cc1C. The number of anilines is 1. The first-order valence-corrected chi connectivity index (χ1v) is 8.90. The number of amides is 3. The lowest BCUT2D eigenvalue weighted by Crippen LogP contribution is -2.42. The zero-order valence-corrected chi connectivity index (χ0v) is 16.0. The minimum absolute atomic E-state index is 0.0197. The van der Waals surface area contributed by atoms with Crippen molar-refractivity contribution in [2.45, 2.75) is 33.1 Å². The first-order valence-electron chi connectivity index (χ1n) is 8.52. The first kappa shape index (κ1) is 20.5. The Kier molecular flexibility index (Phi) is 7.37. The number of carbonyl (C=O) groups is 3. The maximum Gasteiger partial charge on any atom is 0.242 e. The molecule has 0 aliphatic rings. The van der Waals surface area contributed by atoms with Gasteiger partial charge in [-0.15, -0.1) is 0 Å². The van der Waals surface area contributed by atoms with Gasteiger partial charge < -0.3 is 5.32 Å². The van der Waals surface area contributed by atoms with Crippen LogP contribution in [0.15, 0.2) is 42.5 Å². The summed E-state index contributed by atoms with van der Waals surface area (Å²) in [6.45, 7) is 3.96. The fraction of sp³-hybridized carbons (Fsp3) is 0.250. The molecule has 0 heterocycles. The van der Waals surface area contributed by atoms with E-state index in [1.807, 2.05) is 32.0 Å². The second-order valence-corrected chi connectivity index (χ2v) is 6.68. The second-order valence-electron chi connectivity index (χ2n) is 6.25. The third kappa shape index (κ3) is 7.11. The van der Waals surface area contributed by atoms with Crippen molar-refractivity contribution in [2.75, 3.05) is 5.32 Å². The fourth-order valence-corrected chi connectivity index (χ4v) is 2.43. The monoisotopic (exact) mass is 387 g/mol. The van der Waals surface area contributed by atoms with Crippen LogP contribution in [0.25, 0.3) is 0 Å². The predicted octanol–water partition coefficient (Wildman–Crippen LogP) is 3.07. The molecule has 0 aliphatic carbocycles. The van der Waals surface area contributed by atoms with Crippen molar-refractivity contribution in [3.05, 3.63) is 64.2 Å². The number of benzene rings is 2. The average Bonchev–Trinajstić information content (AvgIpc) is 2.63. The van der Waals surface area contributed by atoms with Crippen LogP contribution in [0.2, 0.25) is 5.02 Å². The number of aryl methyl sites for hydroxylation is 2. The van der Waals surface area contributed by atoms with Gasteiger partial charge in [-0.25, -0.2) is 0 Å². The minimum atomic E-state index is -0.435. The summed E-state index contributed by atoms with van der Waals surface area (Å²) in [6, 6.07) is 12.5. The molecule has 0 atom stereocenters. The van der Waals surface area contributed by atoms with Crippen molar-refractivity contribution in [1.82, 2.24) is 10.9 Å². The van der Waals surface area contributed by atoms with Gasteiger partial charge in [-0.3, -0.25) is 25.2 Å². The summed E-state index contributed by atoms with van der Waals surface area (Å²) >= 11 is 5.79. The van der Waals surface area contributed by atoms with E-state index in [2.05, 4.69) is 16.2 Å². The summed E-state index contributed by atoms with van der Waals surface area (Å²) in [6.07, 6.45) is 0.106.